The van der Waals surface area contributed by atoms with Crippen molar-refractivity contribution in [1.29, 1.82) is 0 Å². The minimum absolute atomic E-state index is 0.00818. The molecule has 6 nitrogen and oxygen atoms in total. The molecule has 29 heavy (non-hydrogen) atoms. The molecule has 0 spiro atoms. The van der Waals surface area contributed by atoms with E-state index in [2.05, 4.69) is 11.4 Å². The van der Waals surface area contributed by atoms with Crippen LogP contribution in [0.2, 0.25) is 0 Å². The zero-order valence-corrected chi connectivity index (χ0v) is 16.9. The van der Waals surface area contributed by atoms with Gasteiger partial charge in [0, 0.05) is 38.9 Å². The Balaban J connectivity index is 1.61. The van der Waals surface area contributed by atoms with E-state index in [0.717, 1.165) is 42.7 Å². The van der Waals surface area contributed by atoms with Gasteiger partial charge in [-0.1, -0.05) is 30.3 Å². The van der Waals surface area contributed by atoms with Crippen molar-refractivity contribution in [3.8, 4) is 11.1 Å². The van der Waals surface area contributed by atoms with Gasteiger partial charge in [-0.2, -0.15) is 0 Å². The van der Waals surface area contributed by atoms with E-state index >= 15 is 0 Å². The monoisotopic (exact) mass is 395 g/mol. The molecular formula is C23H29N3O3. The Bertz CT molecular complexity index is 830. The third kappa shape index (κ3) is 5.89. The molecule has 1 fully saturated rings. The minimum Gasteiger partial charge on any atom is -0.381 e. The molecule has 0 aromatic heterocycles. The van der Waals surface area contributed by atoms with E-state index in [0.29, 0.717) is 24.6 Å². The quantitative estimate of drug-likeness (QED) is 0.754. The summed E-state index contributed by atoms with van der Waals surface area (Å²) in [6.07, 6.45) is 2.00. The SMILES string of the molecule is CN(Cc1cccc(-c2ccc(C(=O)NCC3CCOCC3)cc2)c1)C(=O)CN. The first-order valence-electron chi connectivity index (χ1n) is 10.1. The van der Waals surface area contributed by atoms with E-state index < -0.39 is 0 Å². The lowest BCUT2D eigenvalue weighted by molar-refractivity contribution is -0.128. The summed E-state index contributed by atoms with van der Waals surface area (Å²) in [6.45, 7) is 2.78. The first-order chi connectivity index (χ1) is 14.1. The Labute approximate surface area is 172 Å². The molecule has 1 heterocycles. The van der Waals surface area contributed by atoms with Gasteiger partial charge in [0.25, 0.3) is 5.91 Å². The van der Waals surface area contributed by atoms with E-state index in [-0.39, 0.29) is 18.4 Å². The number of ether oxygens (including phenoxy) is 1. The van der Waals surface area contributed by atoms with Gasteiger partial charge in [-0.05, 0) is 53.6 Å². The summed E-state index contributed by atoms with van der Waals surface area (Å²) in [5.74, 6) is 0.365. The Morgan fingerprint density at radius 3 is 2.52 bits per heavy atom. The molecule has 0 unspecified atom stereocenters. The van der Waals surface area contributed by atoms with Crippen LogP contribution in [0.1, 0.15) is 28.8 Å². The first kappa shape index (κ1) is 21.0. The van der Waals surface area contributed by atoms with Crippen molar-refractivity contribution >= 4 is 11.8 Å². The topological polar surface area (TPSA) is 84.7 Å². The summed E-state index contributed by atoms with van der Waals surface area (Å²) < 4.78 is 5.36. The van der Waals surface area contributed by atoms with Crippen molar-refractivity contribution < 1.29 is 14.3 Å². The van der Waals surface area contributed by atoms with Crippen LogP contribution in [0.5, 0.6) is 0 Å². The maximum Gasteiger partial charge on any atom is 0.251 e. The lowest BCUT2D eigenvalue weighted by atomic mass is 10.00. The average molecular weight is 396 g/mol. The standard InChI is InChI=1S/C23H29N3O3/c1-26(22(27)14-24)16-18-3-2-4-21(13-18)19-5-7-20(8-6-19)23(28)25-15-17-9-11-29-12-10-17/h2-8,13,17H,9-12,14-16,24H2,1H3,(H,25,28). The van der Waals surface area contributed by atoms with Crippen LogP contribution in [0.25, 0.3) is 11.1 Å². The molecule has 1 aliphatic heterocycles. The zero-order chi connectivity index (χ0) is 20.6. The van der Waals surface area contributed by atoms with Crippen molar-refractivity contribution in [1.82, 2.24) is 10.2 Å². The number of hydrogen-bond acceptors (Lipinski definition) is 4. The van der Waals surface area contributed by atoms with Crippen LogP contribution in [0.3, 0.4) is 0 Å². The summed E-state index contributed by atoms with van der Waals surface area (Å²) in [5, 5.41) is 3.03. The normalized spacial score (nSPS) is 14.4. The van der Waals surface area contributed by atoms with Gasteiger partial charge in [-0.3, -0.25) is 9.59 Å². The summed E-state index contributed by atoms with van der Waals surface area (Å²) in [5.41, 5.74) is 9.19. The van der Waals surface area contributed by atoms with Gasteiger partial charge in [0.1, 0.15) is 0 Å². The molecule has 0 atom stereocenters. The van der Waals surface area contributed by atoms with E-state index in [4.69, 9.17) is 10.5 Å². The van der Waals surface area contributed by atoms with Gasteiger partial charge in [-0.15, -0.1) is 0 Å². The highest BCUT2D eigenvalue weighted by Crippen LogP contribution is 2.22. The lowest BCUT2D eigenvalue weighted by Gasteiger charge is -2.22. The van der Waals surface area contributed by atoms with Crippen LogP contribution in [-0.2, 0) is 16.1 Å². The predicted octanol–water partition coefficient (Wildman–Crippen LogP) is 2.43. The molecule has 2 aromatic carbocycles. The van der Waals surface area contributed by atoms with Gasteiger partial charge in [0.05, 0.1) is 6.54 Å². The second kappa shape index (κ2) is 10.2. The van der Waals surface area contributed by atoms with Crippen molar-refractivity contribution in [2.75, 3.05) is 33.4 Å². The molecule has 0 saturated carbocycles. The van der Waals surface area contributed by atoms with Crippen LogP contribution in [0.15, 0.2) is 48.5 Å². The number of carbonyl (C=O) groups excluding carboxylic acids is 2. The van der Waals surface area contributed by atoms with E-state index in [1.54, 1.807) is 11.9 Å². The van der Waals surface area contributed by atoms with Crippen LogP contribution in [0, 0.1) is 5.92 Å². The van der Waals surface area contributed by atoms with Gasteiger partial charge in [0.2, 0.25) is 5.91 Å². The van der Waals surface area contributed by atoms with Crippen LogP contribution in [-0.4, -0.2) is 50.1 Å². The summed E-state index contributed by atoms with van der Waals surface area (Å²) in [6, 6.07) is 15.7. The number of nitrogens with one attached hydrogen (secondary N) is 1. The fourth-order valence-electron chi connectivity index (χ4n) is 3.47. The Hall–Kier alpha value is -2.70. The Morgan fingerprint density at radius 2 is 1.83 bits per heavy atom. The number of rotatable bonds is 7. The predicted molar refractivity (Wildman–Crippen MR) is 113 cm³/mol. The van der Waals surface area contributed by atoms with E-state index in [9.17, 15) is 9.59 Å². The summed E-state index contributed by atoms with van der Waals surface area (Å²) in [4.78, 5) is 25.7. The van der Waals surface area contributed by atoms with Gasteiger partial charge < -0.3 is 20.7 Å². The van der Waals surface area contributed by atoms with Gasteiger partial charge in [0.15, 0.2) is 0 Å². The zero-order valence-electron chi connectivity index (χ0n) is 16.9. The van der Waals surface area contributed by atoms with Crippen molar-refractivity contribution in [3.05, 3.63) is 59.7 Å². The molecule has 3 N–H and O–H groups in total. The first-order valence-corrected chi connectivity index (χ1v) is 10.1. The fourth-order valence-corrected chi connectivity index (χ4v) is 3.47. The Morgan fingerprint density at radius 1 is 1.10 bits per heavy atom. The minimum atomic E-state index is -0.0912. The largest absolute Gasteiger partial charge is 0.381 e. The van der Waals surface area contributed by atoms with Crippen molar-refractivity contribution in [3.63, 3.8) is 0 Å². The van der Waals surface area contributed by atoms with Crippen molar-refractivity contribution in [2.45, 2.75) is 19.4 Å². The molecule has 0 radical (unpaired) electrons. The molecule has 1 aliphatic rings. The van der Waals surface area contributed by atoms with Crippen LogP contribution < -0.4 is 11.1 Å². The number of nitrogens with two attached hydrogens (primary N) is 1. The number of carbonyl (C=O) groups is 2. The molecule has 154 valence electrons. The highest BCUT2D eigenvalue weighted by molar-refractivity contribution is 5.94. The summed E-state index contributed by atoms with van der Waals surface area (Å²) in [7, 11) is 1.75. The fraction of sp³-hybridized carbons (Fsp3) is 0.391. The van der Waals surface area contributed by atoms with Crippen LogP contribution in [0.4, 0.5) is 0 Å². The molecule has 0 aliphatic carbocycles. The Kier molecular flexibility index (Phi) is 7.38. The second-order valence-corrected chi connectivity index (χ2v) is 7.50. The highest BCUT2D eigenvalue weighted by atomic mass is 16.5. The smallest absolute Gasteiger partial charge is 0.251 e. The number of amides is 2. The van der Waals surface area contributed by atoms with E-state index in [1.165, 1.54) is 0 Å². The maximum absolute atomic E-state index is 12.4. The highest BCUT2D eigenvalue weighted by Gasteiger charge is 2.15. The second-order valence-electron chi connectivity index (χ2n) is 7.50. The number of nitrogens with zero attached hydrogens (tertiary/aromatic N) is 1. The van der Waals surface area contributed by atoms with Crippen molar-refractivity contribution in [2.24, 2.45) is 11.7 Å². The molecule has 2 aromatic rings. The number of hydrogen-bond donors (Lipinski definition) is 2. The molecule has 6 heteroatoms. The number of benzene rings is 2. The number of likely N-dealkylation sites (N-methyl/N-ethyl adjacent to an activating group) is 1. The van der Waals surface area contributed by atoms with Gasteiger partial charge in [-0.25, -0.2) is 0 Å². The van der Waals surface area contributed by atoms with Gasteiger partial charge >= 0.3 is 0 Å². The maximum atomic E-state index is 12.4. The molecule has 3 rings (SSSR count). The third-order valence-corrected chi connectivity index (χ3v) is 5.32. The molecule has 2 amide bonds. The lowest BCUT2D eigenvalue weighted by Crippen LogP contribution is -2.32. The van der Waals surface area contributed by atoms with Crippen LogP contribution >= 0.6 is 0 Å². The molecular weight excluding hydrogens is 366 g/mol. The third-order valence-electron chi connectivity index (χ3n) is 5.32. The molecule has 0 bridgehead atoms. The average Bonchev–Trinajstić information content (AvgIpc) is 2.77. The molecule has 1 saturated heterocycles. The van der Waals surface area contributed by atoms with E-state index in [1.807, 2.05) is 42.5 Å². The summed E-state index contributed by atoms with van der Waals surface area (Å²) >= 11 is 0.